The Labute approximate surface area is 128 Å². The number of aliphatic carboxylic acids is 1. The highest BCUT2D eigenvalue weighted by Gasteiger charge is 2.39. The van der Waals surface area contributed by atoms with E-state index >= 15 is 0 Å². The lowest BCUT2D eigenvalue weighted by Crippen LogP contribution is -2.41. The van der Waals surface area contributed by atoms with E-state index in [9.17, 15) is 9.59 Å². The van der Waals surface area contributed by atoms with E-state index in [1.54, 1.807) is 0 Å². The number of carbonyl (C=O) groups is 2. The maximum atomic E-state index is 12.7. The Kier molecular flexibility index (Phi) is 7.20. The second-order valence-electron chi connectivity index (χ2n) is 6.65. The normalized spacial score (nSPS) is 18.4. The molecule has 4 nitrogen and oxygen atoms in total. The Morgan fingerprint density at radius 1 is 1.19 bits per heavy atom. The molecule has 4 heteroatoms. The highest BCUT2D eigenvalue weighted by Crippen LogP contribution is 2.44. The van der Waals surface area contributed by atoms with Gasteiger partial charge in [0.15, 0.2) is 0 Å². The van der Waals surface area contributed by atoms with E-state index in [1.807, 2.05) is 4.90 Å². The third-order valence-corrected chi connectivity index (χ3v) is 4.91. The first-order chi connectivity index (χ1) is 9.94. The Morgan fingerprint density at radius 2 is 1.81 bits per heavy atom. The molecule has 0 heterocycles. The van der Waals surface area contributed by atoms with E-state index in [4.69, 9.17) is 5.11 Å². The number of nitrogens with zero attached hydrogens (tertiary/aromatic N) is 1. The number of carbonyl (C=O) groups excluding carboxylic acids is 1. The molecule has 0 spiro atoms. The Morgan fingerprint density at radius 3 is 2.29 bits per heavy atom. The highest BCUT2D eigenvalue weighted by atomic mass is 16.4. The third-order valence-electron chi connectivity index (χ3n) is 4.91. The van der Waals surface area contributed by atoms with Gasteiger partial charge < -0.3 is 10.0 Å². The minimum absolute atomic E-state index is 0.140. The van der Waals surface area contributed by atoms with Crippen LogP contribution in [0.3, 0.4) is 0 Å². The number of amides is 1. The van der Waals surface area contributed by atoms with Crippen LogP contribution in [0.1, 0.15) is 78.6 Å². The van der Waals surface area contributed by atoms with Crippen molar-refractivity contribution in [3.8, 4) is 0 Å². The van der Waals surface area contributed by atoms with Crippen molar-refractivity contribution >= 4 is 11.9 Å². The Balaban J connectivity index is 2.75. The van der Waals surface area contributed by atoms with Gasteiger partial charge in [-0.05, 0) is 38.0 Å². The van der Waals surface area contributed by atoms with Crippen LogP contribution in [-0.2, 0) is 9.59 Å². The zero-order valence-electron chi connectivity index (χ0n) is 13.9. The summed E-state index contributed by atoms with van der Waals surface area (Å²) in [7, 11) is 0. The molecule has 1 aliphatic carbocycles. The van der Waals surface area contributed by atoms with E-state index in [-0.39, 0.29) is 23.8 Å². The topological polar surface area (TPSA) is 57.6 Å². The van der Waals surface area contributed by atoms with Gasteiger partial charge in [0.1, 0.15) is 0 Å². The zero-order chi connectivity index (χ0) is 15.9. The molecule has 122 valence electrons. The average Bonchev–Trinajstić information content (AvgIpc) is 2.85. The predicted molar refractivity (Wildman–Crippen MR) is 84.1 cm³/mol. The molecule has 1 unspecified atom stereocenters. The summed E-state index contributed by atoms with van der Waals surface area (Å²) in [5.74, 6) is -0.616. The number of hydrogen-bond acceptors (Lipinski definition) is 2. The van der Waals surface area contributed by atoms with Crippen LogP contribution in [0.15, 0.2) is 0 Å². The molecule has 1 amide bonds. The van der Waals surface area contributed by atoms with Crippen molar-refractivity contribution in [2.45, 2.75) is 84.6 Å². The maximum Gasteiger partial charge on any atom is 0.303 e. The van der Waals surface area contributed by atoms with Crippen molar-refractivity contribution in [2.75, 3.05) is 6.54 Å². The molecule has 0 aliphatic heterocycles. The number of rotatable bonds is 9. The minimum atomic E-state index is -0.770. The van der Waals surface area contributed by atoms with Gasteiger partial charge >= 0.3 is 5.97 Å². The fraction of sp³-hybridized carbons (Fsp3) is 0.882. The van der Waals surface area contributed by atoms with Crippen molar-refractivity contribution in [2.24, 2.45) is 5.41 Å². The van der Waals surface area contributed by atoms with E-state index in [0.717, 1.165) is 51.5 Å². The molecule has 1 rings (SSSR count). The SMILES string of the molecule is CCCCN(C(=O)CC1(CC(=O)O)CCCC1)C(C)CC. The summed E-state index contributed by atoms with van der Waals surface area (Å²) in [4.78, 5) is 25.9. The molecule has 0 saturated heterocycles. The number of carboxylic acid groups (broad SMARTS) is 1. The van der Waals surface area contributed by atoms with Crippen molar-refractivity contribution in [1.82, 2.24) is 4.90 Å². The first kappa shape index (κ1) is 18.0. The van der Waals surface area contributed by atoms with Gasteiger partial charge in [0.05, 0.1) is 6.42 Å². The number of hydrogen-bond donors (Lipinski definition) is 1. The standard InChI is InChI=1S/C17H31NO3/c1-4-6-11-18(14(3)5-2)15(19)12-17(13-16(20)21)9-7-8-10-17/h14H,4-13H2,1-3H3,(H,20,21). The van der Waals surface area contributed by atoms with Crippen LogP contribution in [0.5, 0.6) is 0 Å². The summed E-state index contributed by atoms with van der Waals surface area (Å²) in [6, 6.07) is 0.243. The van der Waals surface area contributed by atoms with Crippen LogP contribution in [0.2, 0.25) is 0 Å². The highest BCUT2D eigenvalue weighted by molar-refractivity contribution is 5.78. The molecule has 1 aliphatic rings. The zero-order valence-corrected chi connectivity index (χ0v) is 13.9. The van der Waals surface area contributed by atoms with Gasteiger partial charge in [-0.15, -0.1) is 0 Å². The molecule has 0 bridgehead atoms. The third kappa shape index (κ3) is 5.33. The lowest BCUT2D eigenvalue weighted by atomic mass is 9.79. The van der Waals surface area contributed by atoms with Crippen LogP contribution < -0.4 is 0 Å². The minimum Gasteiger partial charge on any atom is -0.481 e. The molecule has 1 atom stereocenters. The maximum absolute atomic E-state index is 12.7. The Hall–Kier alpha value is -1.06. The quantitative estimate of drug-likeness (QED) is 0.703. The second kappa shape index (κ2) is 8.40. The lowest BCUT2D eigenvalue weighted by Gasteiger charge is -2.33. The van der Waals surface area contributed by atoms with Gasteiger partial charge in [-0.1, -0.05) is 33.1 Å². The number of carboxylic acids is 1. The van der Waals surface area contributed by atoms with Gasteiger partial charge in [-0.3, -0.25) is 9.59 Å². The van der Waals surface area contributed by atoms with Crippen molar-refractivity contribution < 1.29 is 14.7 Å². The smallest absolute Gasteiger partial charge is 0.303 e. The fourth-order valence-corrected chi connectivity index (χ4v) is 3.42. The molecule has 1 saturated carbocycles. The van der Waals surface area contributed by atoms with Crippen LogP contribution in [0.25, 0.3) is 0 Å². The summed E-state index contributed by atoms with van der Waals surface area (Å²) in [5.41, 5.74) is -0.291. The van der Waals surface area contributed by atoms with Gasteiger partial charge in [-0.25, -0.2) is 0 Å². The average molecular weight is 297 g/mol. The van der Waals surface area contributed by atoms with Crippen molar-refractivity contribution in [3.63, 3.8) is 0 Å². The van der Waals surface area contributed by atoms with Gasteiger partial charge in [0.25, 0.3) is 0 Å². The summed E-state index contributed by atoms with van der Waals surface area (Å²) in [6.45, 7) is 7.11. The molecule has 0 aromatic carbocycles. The van der Waals surface area contributed by atoms with E-state index in [0.29, 0.717) is 6.42 Å². The molecule has 21 heavy (non-hydrogen) atoms. The molecule has 0 radical (unpaired) electrons. The van der Waals surface area contributed by atoms with E-state index in [2.05, 4.69) is 20.8 Å². The Bertz CT molecular complexity index is 348. The molecular weight excluding hydrogens is 266 g/mol. The molecule has 0 aromatic heterocycles. The largest absolute Gasteiger partial charge is 0.481 e. The summed E-state index contributed by atoms with van der Waals surface area (Å²) >= 11 is 0. The molecule has 1 N–H and O–H groups in total. The van der Waals surface area contributed by atoms with E-state index < -0.39 is 5.97 Å². The predicted octanol–water partition coefficient (Wildman–Crippen LogP) is 3.84. The fourth-order valence-electron chi connectivity index (χ4n) is 3.42. The van der Waals surface area contributed by atoms with Crippen molar-refractivity contribution in [3.05, 3.63) is 0 Å². The van der Waals surface area contributed by atoms with Gasteiger partial charge in [0.2, 0.25) is 5.91 Å². The second-order valence-corrected chi connectivity index (χ2v) is 6.65. The monoisotopic (exact) mass is 297 g/mol. The first-order valence-electron chi connectivity index (χ1n) is 8.45. The number of unbranched alkanes of at least 4 members (excludes halogenated alkanes) is 1. The summed E-state index contributed by atoms with van der Waals surface area (Å²) in [5, 5.41) is 9.16. The first-order valence-corrected chi connectivity index (χ1v) is 8.45. The van der Waals surface area contributed by atoms with Crippen LogP contribution in [0, 0.1) is 5.41 Å². The lowest BCUT2D eigenvalue weighted by molar-refractivity contribution is -0.142. The van der Waals surface area contributed by atoms with Crippen LogP contribution >= 0.6 is 0 Å². The van der Waals surface area contributed by atoms with Crippen LogP contribution in [0.4, 0.5) is 0 Å². The van der Waals surface area contributed by atoms with Crippen molar-refractivity contribution in [1.29, 1.82) is 0 Å². The molecule has 1 fully saturated rings. The van der Waals surface area contributed by atoms with Gasteiger partial charge in [-0.2, -0.15) is 0 Å². The van der Waals surface area contributed by atoms with Gasteiger partial charge in [0, 0.05) is 19.0 Å². The van der Waals surface area contributed by atoms with E-state index in [1.165, 1.54) is 0 Å². The summed E-state index contributed by atoms with van der Waals surface area (Å²) < 4.78 is 0. The van der Waals surface area contributed by atoms with Crippen LogP contribution in [-0.4, -0.2) is 34.5 Å². The molecular formula is C17H31NO3. The summed E-state index contributed by atoms with van der Waals surface area (Å²) in [6.07, 6.45) is 7.45. The molecule has 0 aromatic rings.